The molecule has 2 aliphatic rings. The highest BCUT2D eigenvalue weighted by Gasteiger charge is 2.25. The maximum atomic E-state index is 12.6. The third-order valence-corrected chi connectivity index (χ3v) is 7.39. The highest BCUT2D eigenvalue weighted by atomic mass is 32.2. The van der Waals surface area contributed by atoms with E-state index in [2.05, 4.69) is 10.6 Å². The van der Waals surface area contributed by atoms with Gasteiger partial charge in [0.05, 0.1) is 4.90 Å². The van der Waals surface area contributed by atoms with Crippen molar-refractivity contribution < 1.29 is 18.0 Å². The van der Waals surface area contributed by atoms with E-state index < -0.39 is 21.8 Å². The fraction of sp³-hybridized carbons (Fsp3) is 0.600. The molecule has 2 fully saturated rings. The summed E-state index contributed by atoms with van der Waals surface area (Å²) in [5.41, 5.74) is 0.747. The highest BCUT2D eigenvalue weighted by molar-refractivity contribution is 7.89. The lowest BCUT2D eigenvalue weighted by molar-refractivity contribution is -0.139. The molecule has 1 aromatic rings. The second kappa shape index (κ2) is 9.52. The normalized spacial score (nSPS) is 19.1. The van der Waals surface area contributed by atoms with E-state index in [0.29, 0.717) is 13.1 Å². The van der Waals surface area contributed by atoms with E-state index in [4.69, 9.17) is 0 Å². The van der Waals surface area contributed by atoms with Crippen LogP contribution in [-0.4, -0.2) is 43.7 Å². The van der Waals surface area contributed by atoms with Gasteiger partial charge in [-0.2, -0.15) is 4.31 Å². The monoisotopic (exact) mass is 407 g/mol. The summed E-state index contributed by atoms with van der Waals surface area (Å²) in [6.45, 7) is 1.31. The summed E-state index contributed by atoms with van der Waals surface area (Å²) in [6, 6.07) is 6.57. The summed E-state index contributed by atoms with van der Waals surface area (Å²) in [5, 5.41) is 5.38. The molecule has 8 heteroatoms. The van der Waals surface area contributed by atoms with Crippen LogP contribution < -0.4 is 10.6 Å². The van der Waals surface area contributed by atoms with Gasteiger partial charge in [-0.25, -0.2) is 8.42 Å². The summed E-state index contributed by atoms with van der Waals surface area (Å²) >= 11 is 0. The molecule has 0 aromatic heterocycles. The van der Waals surface area contributed by atoms with Crippen molar-refractivity contribution in [1.29, 1.82) is 0 Å². The van der Waals surface area contributed by atoms with Gasteiger partial charge in [0.1, 0.15) is 0 Å². The van der Waals surface area contributed by atoms with Gasteiger partial charge in [0.25, 0.3) is 0 Å². The number of carbonyl (C=O) groups excluding carboxylic acids is 2. The summed E-state index contributed by atoms with van der Waals surface area (Å²) in [7, 11) is -3.46. The van der Waals surface area contributed by atoms with Gasteiger partial charge >= 0.3 is 11.8 Å². The number of amides is 2. The Balaban J connectivity index is 1.51. The molecule has 0 atom stereocenters. The molecule has 0 bridgehead atoms. The van der Waals surface area contributed by atoms with Crippen LogP contribution in [0.5, 0.6) is 0 Å². The Morgan fingerprint density at radius 2 is 1.50 bits per heavy atom. The molecule has 0 radical (unpaired) electrons. The predicted molar refractivity (Wildman–Crippen MR) is 106 cm³/mol. The molecular formula is C20H29N3O4S. The van der Waals surface area contributed by atoms with Crippen molar-refractivity contribution in [2.45, 2.75) is 68.8 Å². The van der Waals surface area contributed by atoms with Gasteiger partial charge in [0, 0.05) is 25.7 Å². The molecule has 1 saturated carbocycles. The van der Waals surface area contributed by atoms with Crippen molar-refractivity contribution in [3.05, 3.63) is 29.8 Å². The molecular weight excluding hydrogens is 378 g/mol. The van der Waals surface area contributed by atoms with E-state index >= 15 is 0 Å². The molecule has 0 unspecified atom stereocenters. The Hall–Kier alpha value is -1.93. The van der Waals surface area contributed by atoms with E-state index in [0.717, 1.165) is 50.5 Å². The van der Waals surface area contributed by atoms with E-state index in [-0.39, 0.29) is 17.5 Å². The smallest absolute Gasteiger partial charge is 0.309 e. The van der Waals surface area contributed by atoms with Gasteiger partial charge in [-0.05, 0) is 43.4 Å². The van der Waals surface area contributed by atoms with Crippen LogP contribution in [-0.2, 0) is 26.2 Å². The number of piperidine rings is 1. The second-order valence-electron chi connectivity index (χ2n) is 7.60. The SMILES string of the molecule is O=C(NCc1ccc(S(=O)(=O)N2CCCCC2)cc1)C(=O)NC1CCCCC1. The number of rotatable bonds is 5. The van der Waals surface area contributed by atoms with E-state index in [1.54, 1.807) is 24.3 Å². The van der Waals surface area contributed by atoms with Crippen LogP contribution in [0, 0.1) is 0 Å². The Labute approximate surface area is 166 Å². The van der Waals surface area contributed by atoms with Crippen molar-refractivity contribution in [3.8, 4) is 0 Å². The minimum atomic E-state index is -3.46. The van der Waals surface area contributed by atoms with Crippen LogP contribution in [0.15, 0.2) is 29.2 Å². The molecule has 1 aromatic carbocycles. The molecule has 1 aliphatic heterocycles. The van der Waals surface area contributed by atoms with Gasteiger partial charge in [-0.1, -0.05) is 37.8 Å². The van der Waals surface area contributed by atoms with Crippen molar-refractivity contribution in [1.82, 2.24) is 14.9 Å². The largest absolute Gasteiger partial charge is 0.345 e. The third kappa shape index (κ3) is 5.32. The highest BCUT2D eigenvalue weighted by Crippen LogP contribution is 2.21. The fourth-order valence-electron chi connectivity index (χ4n) is 3.79. The Morgan fingerprint density at radius 1 is 0.893 bits per heavy atom. The van der Waals surface area contributed by atoms with Gasteiger partial charge in [-0.15, -0.1) is 0 Å². The lowest BCUT2D eigenvalue weighted by atomic mass is 9.95. The lowest BCUT2D eigenvalue weighted by Crippen LogP contribution is -2.45. The number of benzene rings is 1. The van der Waals surface area contributed by atoms with Gasteiger partial charge < -0.3 is 10.6 Å². The number of nitrogens with zero attached hydrogens (tertiary/aromatic N) is 1. The zero-order chi connectivity index (χ0) is 20.0. The van der Waals surface area contributed by atoms with Crippen LogP contribution in [0.25, 0.3) is 0 Å². The average molecular weight is 408 g/mol. The number of hydrogen-bond acceptors (Lipinski definition) is 4. The van der Waals surface area contributed by atoms with Crippen LogP contribution in [0.3, 0.4) is 0 Å². The van der Waals surface area contributed by atoms with E-state index in [9.17, 15) is 18.0 Å². The van der Waals surface area contributed by atoms with Crippen molar-refractivity contribution in [3.63, 3.8) is 0 Å². The van der Waals surface area contributed by atoms with Crippen LogP contribution in [0.2, 0.25) is 0 Å². The van der Waals surface area contributed by atoms with Crippen LogP contribution in [0.1, 0.15) is 56.9 Å². The molecule has 154 valence electrons. The lowest BCUT2D eigenvalue weighted by Gasteiger charge is -2.25. The maximum Gasteiger partial charge on any atom is 0.309 e. The Morgan fingerprint density at radius 3 is 2.14 bits per heavy atom. The first-order valence-electron chi connectivity index (χ1n) is 10.1. The number of sulfonamides is 1. The molecule has 3 rings (SSSR count). The fourth-order valence-corrected chi connectivity index (χ4v) is 5.31. The first-order chi connectivity index (χ1) is 13.5. The standard InChI is InChI=1S/C20H29N3O4S/c24-19(20(25)22-17-7-3-1-4-8-17)21-15-16-9-11-18(12-10-16)28(26,27)23-13-5-2-6-14-23/h9-12,17H,1-8,13-15H2,(H,21,24)(H,22,25). The van der Waals surface area contributed by atoms with Crippen molar-refractivity contribution in [2.75, 3.05) is 13.1 Å². The molecule has 1 saturated heterocycles. The molecule has 2 N–H and O–H groups in total. The Bertz CT molecular complexity index is 780. The summed E-state index contributed by atoms with van der Waals surface area (Å²) < 4.78 is 26.8. The maximum absolute atomic E-state index is 12.6. The molecule has 1 heterocycles. The summed E-state index contributed by atoms with van der Waals surface area (Å²) in [5.74, 6) is -1.26. The van der Waals surface area contributed by atoms with Crippen LogP contribution >= 0.6 is 0 Å². The van der Waals surface area contributed by atoms with Crippen molar-refractivity contribution >= 4 is 21.8 Å². The van der Waals surface area contributed by atoms with E-state index in [1.807, 2.05) is 0 Å². The minimum Gasteiger partial charge on any atom is -0.345 e. The number of nitrogens with one attached hydrogen (secondary N) is 2. The topological polar surface area (TPSA) is 95.6 Å². The Kier molecular flexibility index (Phi) is 7.07. The third-order valence-electron chi connectivity index (χ3n) is 5.48. The van der Waals surface area contributed by atoms with Crippen molar-refractivity contribution in [2.24, 2.45) is 0 Å². The molecule has 7 nitrogen and oxygen atoms in total. The summed E-state index contributed by atoms with van der Waals surface area (Å²) in [4.78, 5) is 24.2. The summed E-state index contributed by atoms with van der Waals surface area (Å²) in [6.07, 6.45) is 8.05. The first-order valence-corrected chi connectivity index (χ1v) is 11.6. The van der Waals surface area contributed by atoms with Crippen LogP contribution in [0.4, 0.5) is 0 Å². The zero-order valence-electron chi connectivity index (χ0n) is 16.2. The molecule has 0 spiro atoms. The molecule has 2 amide bonds. The number of hydrogen-bond donors (Lipinski definition) is 2. The van der Waals surface area contributed by atoms with Gasteiger partial charge in [-0.3, -0.25) is 9.59 Å². The quantitative estimate of drug-likeness (QED) is 0.729. The first kappa shape index (κ1) is 20.8. The molecule has 28 heavy (non-hydrogen) atoms. The predicted octanol–water partition coefficient (Wildman–Crippen LogP) is 1.93. The van der Waals surface area contributed by atoms with Gasteiger partial charge in [0.15, 0.2) is 0 Å². The van der Waals surface area contributed by atoms with Gasteiger partial charge in [0.2, 0.25) is 10.0 Å². The second-order valence-corrected chi connectivity index (χ2v) is 9.54. The zero-order valence-corrected chi connectivity index (χ0v) is 17.0. The minimum absolute atomic E-state index is 0.0891. The van der Waals surface area contributed by atoms with E-state index in [1.165, 1.54) is 10.7 Å². The average Bonchev–Trinajstić information content (AvgIpc) is 2.73. The molecule has 1 aliphatic carbocycles. The number of carbonyl (C=O) groups is 2.